The minimum absolute atomic E-state index is 0.0765. The van der Waals surface area contributed by atoms with Gasteiger partial charge in [0.15, 0.2) is 0 Å². The van der Waals surface area contributed by atoms with E-state index in [2.05, 4.69) is 0 Å². The molecule has 0 aromatic heterocycles. The first-order chi connectivity index (χ1) is 11.6. The molecule has 1 aromatic rings. The van der Waals surface area contributed by atoms with Crippen LogP contribution in [0.2, 0.25) is 0 Å². The molecule has 1 heterocycles. The number of allylic oxidation sites excluding steroid dienone is 2. The van der Waals surface area contributed by atoms with Gasteiger partial charge in [0.1, 0.15) is 6.04 Å². The van der Waals surface area contributed by atoms with Crippen LogP contribution in [-0.2, 0) is 20.8 Å². The molecule has 5 nitrogen and oxygen atoms in total. The number of carboxylic acids is 1. The summed E-state index contributed by atoms with van der Waals surface area (Å²) in [5.74, 6) is -2.29. The second-order valence-corrected chi connectivity index (χ2v) is 6.93. The molecule has 3 aliphatic carbocycles. The molecular formula is C19H19NO4. The Labute approximate surface area is 140 Å². The van der Waals surface area contributed by atoms with E-state index >= 15 is 0 Å². The summed E-state index contributed by atoms with van der Waals surface area (Å²) >= 11 is 0. The summed E-state index contributed by atoms with van der Waals surface area (Å²) in [7, 11) is 0. The van der Waals surface area contributed by atoms with Crippen molar-refractivity contribution >= 4 is 17.8 Å². The lowest BCUT2D eigenvalue weighted by molar-refractivity contribution is -0.155. The van der Waals surface area contributed by atoms with Gasteiger partial charge in [0.05, 0.1) is 11.8 Å². The van der Waals surface area contributed by atoms with Crippen molar-refractivity contribution < 1.29 is 19.5 Å². The fraction of sp³-hybridized carbons (Fsp3) is 0.421. The summed E-state index contributed by atoms with van der Waals surface area (Å²) in [4.78, 5) is 38.6. The van der Waals surface area contributed by atoms with Gasteiger partial charge in [0.25, 0.3) is 0 Å². The van der Waals surface area contributed by atoms with Crippen molar-refractivity contribution in [2.45, 2.75) is 25.3 Å². The number of carbonyl (C=O) groups is 3. The third-order valence-corrected chi connectivity index (χ3v) is 5.66. The monoisotopic (exact) mass is 325 g/mol. The minimum Gasteiger partial charge on any atom is -0.480 e. The Morgan fingerprint density at radius 3 is 2.04 bits per heavy atom. The zero-order valence-electron chi connectivity index (χ0n) is 13.2. The van der Waals surface area contributed by atoms with E-state index < -0.39 is 12.0 Å². The summed E-state index contributed by atoms with van der Waals surface area (Å²) in [6.45, 7) is 0. The number of nitrogens with zero attached hydrogens (tertiary/aromatic N) is 1. The largest absolute Gasteiger partial charge is 0.480 e. The van der Waals surface area contributed by atoms with Crippen LogP contribution in [0.25, 0.3) is 0 Å². The van der Waals surface area contributed by atoms with Gasteiger partial charge >= 0.3 is 5.97 Å². The van der Waals surface area contributed by atoms with Gasteiger partial charge < -0.3 is 5.11 Å². The Kier molecular flexibility index (Phi) is 3.52. The molecule has 5 atom stereocenters. The molecule has 0 radical (unpaired) electrons. The molecule has 4 aliphatic rings. The second-order valence-electron chi connectivity index (χ2n) is 6.93. The maximum Gasteiger partial charge on any atom is 0.327 e. The van der Waals surface area contributed by atoms with Crippen LogP contribution in [0.3, 0.4) is 0 Å². The average molecular weight is 325 g/mol. The number of carbonyl (C=O) groups excluding carboxylic acids is 2. The molecule has 1 aromatic carbocycles. The molecule has 2 fully saturated rings. The SMILES string of the molecule is O=C(O)C(Cc1ccccc1)N1C(=O)C2C3C=CC(CC3)C2C1=O. The lowest BCUT2D eigenvalue weighted by Crippen LogP contribution is -2.47. The van der Waals surface area contributed by atoms with Gasteiger partial charge in [-0.3, -0.25) is 14.5 Å². The number of imide groups is 1. The number of carboxylic acid groups (broad SMARTS) is 1. The number of amides is 2. The van der Waals surface area contributed by atoms with Gasteiger partial charge in [0, 0.05) is 6.42 Å². The molecule has 5 unspecified atom stereocenters. The lowest BCUT2D eigenvalue weighted by atomic mass is 9.63. The number of benzene rings is 1. The van der Waals surface area contributed by atoms with Crippen molar-refractivity contribution in [3.63, 3.8) is 0 Å². The first-order valence-electron chi connectivity index (χ1n) is 8.40. The van der Waals surface area contributed by atoms with Crippen LogP contribution in [0.1, 0.15) is 18.4 Å². The summed E-state index contributed by atoms with van der Waals surface area (Å²) in [6, 6.07) is 8.01. The van der Waals surface area contributed by atoms with E-state index in [1.165, 1.54) is 0 Å². The summed E-state index contributed by atoms with van der Waals surface area (Å²) in [5.41, 5.74) is 0.807. The van der Waals surface area contributed by atoms with Crippen LogP contribution >= 0.6 is 0 Å². The molecule has 1 saturated carbocycles. The highest BCUT2D eigenvalue weighted by Gasteiger charge is 2.58. The Hall–Kier alpha value is -2.43. The first kappa shape index (κ1) is 15.1. The summed E-state index contributed by atoms with van der Waals surface area (Å²) < 4.78 is 0. The Bertz CT molecular complexity index is 694. The predicted molar refractivity (Wildman–Crippen MR) is 85.8 cm³/mol. The molecule has 0 spiro atoms. The van der Waals surface area contributed by atoms with Crippen molar-refractivity contribution in [1.82, 2.24) is 4.90 Å². The standard InChI is InChI=1S/C19H19NO4/c21-17-15-12-6-7-13(9-8-12)16(15)18(22)20(17)14(19(23)24)10-11-4-2-1-3-5-11/h1-7,12-16H,8-10H2,(H,23,24). The predicted octanol–water partition coefficient (Wildman–Crippen LogP) is 1.88. The molecule has 1 saturated heterocycles. The summed E-state index contributed by atoms with van der Waals surface area (Å²) in [5, 5.41) is 9.65. The number of rotatable bonds is 4. The molecular weight excluding hydrogens is 306 g/mol. The molecule has 1 N–H and O–H groups in total. The molecule has 2 amide bonds. The quantitative estimate of drug-likeness (QED) is 0.677. The third kappa shape index (κ3) is 2.19. The van der Waals surface area contributed by atoms with E-state index in [0.29, 0.717) is 0 Å². The summed E-state index contributed by atoms with van der Waals surface area (Å²) in [6.07, 6.45) is 6.04. The van der Waals surface area contributed by atoms with Crippen LogP contribution in [0.5, 0.6) is 0 Å². The molecule has 24 heavy (non-hydrogen) atoms. The first-order valence-corrected chi connectivity index (χ1v) is 8.40. The molecule has 1 aliphatic heterocycles. The van der Waals surface area contributed by atoms with Gasteiger partial charge in [-0.1, -0.05) is 42.5 Å². The second kappa shape index (κ2) is 5.58. The van der Waals surface area contributed by atoms with Crippen molar-refractivity contribution in [3.05, 3.63) is 48.0 Å². The van der Waals surface area contributed by atoms with Crippen LogP contribution in [0.4, 0.5) is 0 Å². The van der Waals surface area contributed by atoms with Crippen molar-refractivity contribution in [2.75, 3.05) is 0 Å². The smallest absolute Gasteiger partial charge is 0.327 e. The van der Waals surface area contributed by atoms with Crippen LogP contribution in [0.15, 0.2) is 42.5 Å². The highest BCUT2D eigenvalue weighted by atomic mass is 16.4. The Morgan fingerprint density at radius 1 is 1.04 bits per heavy atom. The van der Waals surface area contributed by atoms with Crippen molar-refractivity contribution in [2.24, 2.45) is 23.7 Å². The number of aliphatic carboxylic acids is 1. The Balaban J connectivity index is 1.66. The van der Waals surface area contributed by atoms with E-state index in [4.69, 9.17) is 0 Å². The lowest BCUT2D eigenvalue weighted by Gasteiger charge is -2.38. The van der Waals surface area contributed by atoms with Crippen molar-refractivity contribution in [1.29, 1.82) is 0 Å². The van der Waals surface area contributed by atoms with Gasteiger partial charge in [-0.2, -0.15) is 0 Å². The molecule has 2 bridgehead atoms. The zero-order chi connectivity index (χ0) is 16.8. The molecule has 124 valence electrons. The number of hydrogen-bond donors (Lipinski definition) is 1. The van der Waals surface area contributed by atoms with Crippen molar-refractivity contribution in [3.8, 4) is 0 Å². The normalized spacial score (nSPS) is 32.1. The number of fused-ring (bicyclic) bond motifs is 1. The van der Waals surface area contributed by atoms with E-state index in [0.717, 1.165) is 23.3 Å². The highest BCUT2D eigenvalue weighted by molar-refractivity contribution is 6.08. The fourth-order valence-corrected chi connectivity index (χ4v) is 4.53. The van der Waals surface area contributed by atoms with Gasteiger partial charge in [-0.05, 0) is 30.2 Å². The average Bonchev–Trinajstić information content (AvgIpc) is 2.88. The van der Waals surface area contributed by atoms with Crippen LogP contribution in [-0.4, -0.2) is 33.8 Å². The zero-order valence-corrected chi connectivity index (χ0v) is 13.2. The van der Waals surface area contributed by atoms with E-state index in [1.807, 2.05) is 42.5 Å². The Morgan fingerprint density at radius 2 is 1.58 bits per heavy atom. The van der Waals surface area contributed by atoms with Crippen LogP contribution in [0, 0.1) is 23.7 Å². The van der Waals surface area contributed by atoms with Gasteiger partial charge in [-0.15, -0.1) is 0 Å². The van der Waals surface area contributed by atoms with Gasteiger partial charge in [0.2, 0.25) is 11.8 Å². The maximum atomic E-state index is 12.9. The number of hydrogen-bond acceptors (Lipinski definition) is 3. The van der Waals surface area contributed by atoms with E-state index in [-0.39, 0.29) is 41.9 Å². The minimum atomic E-state index is -1.13. The van der Waals surface area contributed by atoms with Gasteiger partial charge in [-0.25, -0.2) is 4.79 Å². The highest BCUT2D eigenvalue weighted by Crippen LogP contribution is 2.50. The third-order valence-electron chi connectivity index (χ3n) is 5.66. The van der Waals surface area contributed by atoms with Crippen LogP contribution < -0.4 is 0 Å². The molecule has 5 rings (SSSR count). The number of likely N-dealkylation sites (tertiary alicyclic amines) is 1. The van der Waals surface area contributed by atoms with E-state index in [9.17, 15) is 19.5 Å². The maximum absolute atomic E-state index is 12.9. The topological polar surface area (TPSA) is 74.7 Å². The van der Waals surface area contributed by atoms with E-state index in [1.54, 1.807) is 0 Å². The molecule has 5 heteroatoms. The fourth-order valence-electron chi connectivity index (χ4n) is 4.53.